The summed E-state index contributed by atoms with van der Waals surface area (Å²) in [7, 11) is 0. The Morgan fingerprint density at radius 1 is 1.10 bits per heavy atom. The number of hydrogen-bond acceptors (Lipinski definition) is 2. The van der Waals surface area contributed by atoms with E-state index in [9.17, 15) is 0 Å². The van der Waals surface area contributed by atoms with E-state index >= 15 is 0 Å². The second-order valence-electron chi connectivity index (χ2n) is 6.70. The van der Waals surface area contributed by atoms with Crippen LogP contribution in [-0.4, -0.2) is 18.6 Å². The predicted octanol–water partition coefficient (Wildman–Crippen LogP) is 4.41. The zero-order valence-electron chi connectivity index (χ0n) is 12.9. The van der Waals surface area contributed by atoms with Crippen LogP contribution in [0, 0.1) is 5.92 Å². The smallest absolute Gasteiger partial charge is 0.0294 e. The lowest BCUT2D eigenvalue weighted by Gasteiger charge is -2.38. The summed E-state index contributed by atoms with van der Waals surface area (Å²) in [6.07, 6.45) is 8.25. The highest BCUT2D eigenvalue weighted by Crippen LogP contribution is 2.32. The second kappa shape index (κ2) is 7.26. The van der Waals surface area contributed by atoms with Crippen LogP contribution in [0.1, 0.15) is 57.1 Å². The molecule has 3 rings (SSSR count). The Morgan fingerprint density at radius 3 is 2.57 bits per heavy atom. The molecule has 0 radical (unpaired) electrons. The van der Waals surface area contributed by atoms with E-state index < -0.39 is 0 Å². The van der Waals surface area contributed by atoms with Crippen molar-refractivity contribution in [1.29, 1.82) is 0 Å². The molecule has 21 heavy (non-hydrogen) atoms. The monoisotopic (exact) mass is 350 g/mol. The molecular weight excluding hydrogens is 324 g/mol. The van der Waals surface area contributed by atoms with Crippen LogP contribution >= 0.6 is 15.9 Å². The minimum absolute atomic E-state index is 0.435. The van der Waals surface area contributed by atoms with Gasteiger partial charge in [-0.15, -0.1) is 0 Å². The summed E-state index contributed by atoms with van der Waals surface area (Å²) >= 11 is 3.52. The largest absolute Gasteiger partial charge is 0.314 e. The van der Waals surface area contributed by atoms with Crippen LogP contribution in [0.15, 0.2) is 28.7 Å². The molecule has 1 aromatic rings. The molecule has 1 saturated carbocycles. The fourth-order valence-electron chi connectivity index (χ4n) is 4.09. The number of benzene rings is 1. The highest BCUT2D eigenvalue weighted by atomic mass is 79.9. The Bertz CT molecular complexity index is 439. The summed E-state index contributed by atoms with van der Waals surface area (Å²) in [4.78, 5) is 0. The maximum Gasteiger partial charge on any atom is 0.0294 e. The van der Waals surface area contributed by atoms with E-state index in [-0.39, 0.29) is 0 Å². The van der Waals surface area contributed by atoms with Crippen molar-refractivity contribution in [1.82, 2.24) is 10.6 Å². The highest BCUT2D eigenvalue weighted by molar-refractivity contribution is 9.10. The number of rotatable bonds is 4. The first-order valence-electron chi connectivity index (χ1n) is 8.49. The van der Waals surface area contributed by atoms with Gasteiger partial charge in [-0.2, -0.15) is 0 Å². The van der Waals surface area contributed by atoms with Crippen molar-refractivity contribution in [3.05, 3.63) is 34.3 Å². The van der Waals surface area contributed by atoms with Gasteiger partial charge < -0.3 is 10.6 Å². The van der Waals surface area contributed by atoms with Gasteiger partial charge in [0.2, 0.25) is 0 Å². The molecule has 1 heterocycles. The molecule has 2 fully saturated rings. The standard InChI is InChI=1S/C18H27BrN2/c1-13(14-8-10-15(19)11-9-14)21-18-6-3-2-5-16(18)17-7-4-12-20-17/h8-11,13,16-18,20-21H,2-7,12H2,1H3/t13-,16?,17?,18?/m1/s1. The SMILES string of the molecule is C[C@@H](NC1CCCCC1C1CCCN1)c1ccc(Br)cc1. The van der Waals surface area contributed by atoms with Crippen molar-refractivity contribution in [3.8, 4) is 0 Å². The van der Waals surface area contributed by atoms with Gasteiger partial charge >= 0.3 is 0 Å². The molecule has 0 aromatic heterocycles. The molecule has 0 spiro atoms. The molecule has 3 heteroatoms. The van der Waals surface area contributed by atoms with Crippen LogP contribution in [0.5, 0.6) is 0 Å². The maximum atomic E-state index is 3.93. The van der Waals surface area contributed by atoms with Crippen LogP contribution in [0.3, 0.4) is 0 Å². The molecule has 4 atom stereocenters. The topological polar surface area (TPSA) is 24.1 Å². The first-order chi connectivity index (χ1) is 10.2. The van der Waals surface area contributed by atoms with Crippen LogP contribution < -0.4 is 10.6 Å². The van der Waals surface area contributed by atoms with E-state index in [1.807, 2.05) is 0 Å². The molecule has 0 bridgehead atoms. The molecule has 1 aliphatic heterocycles. The Labute approximate surface area is 137 Å². The van der Waals surface area contributed by atoms with Gasteiger partial charge in [-0.25, -0.2) is 0 Å². The van der Waals surface area contributed by atoms with Crippen molar-refractivity contribution in [2.24, 2.45) is 5.92 Å². The number of hydrogen-bond donors (Lipinski definition) is 2. The lowest BCUT2D eigenvalue weighted by atomic mass is 9.79. The fourth-order valence-corrected chi connectivity index (χ4v) is 4.36. The molecule has 116 valence electrons. The van der Waals surface area contributed by atoms with E-state index in [0.29, 0.717) is 12.1 Å². The van der Waals surface area contributed by atoms with Crippen LogP contribution in [-0.2, 0) is 0 Å². The summed E-state index contributed by atoms with van der Waals surface area (Å²) in [6, 6.07) is 10.6. The Kier molecular flexibility index (Phi) is 5.36. The van der Waals surface area contributed by atoms with E-state index in [1.54, 1.807) is 0 Å². The molecular formula is C18H27BrN2. The summed E-state index contributed by atoms with van der Waals surface area (Å²) < 4.78 is 1.16. The van der Waals surface area contributed by atoms with E-state index in [2.05, 4.69) is 57.8 Å². The molecule has 1 saturated heterocycles. The molecule has 2 nitrogen and oxygen atoms in total. The van der Waals surface area contributed by atoms with Crippen molar-refractivity contribution in [2.75, 3.05) is 6.54 Å². The van der Waals surface area contributed by atoms with Crippen LogP contribution in [0.4, 0.5) is 0 Å². The highest BCUT2D eigenvalue weighted by Gasteiger charge is 2.33. The quantitative estimate of drug-likeness (QED) is 0.840. The molecule has 2 aliphatic rings. The predicted molar refractivity (Wildman–Crippen MR) is 92.5 cm³/mol. The zero-order chi connectivity index (χ0) is 14.7. The molecule has 0 amide bonds. The average molecular weight is 351 g/mol. The van der Waals surface area contributed by atoms with Crippen molar-refractivity contribution in [3.63, 3.8) is 0 Å². The normalized spacial score (nSPS) is 31.2. The van der Waals surface area contributed by atoms with Crippen molar-refractivity contribution in [2.45, 2.75) is 63.6 Å². The van der Waals surface area contributed by atoms with Gasteiger partial charge in [0.15, 0.2) is 0 Å². The third kappa shape index (κ3) is 3.88. The first kappa shape index (κ1) is 15.5. The molecule has 1 aromatic carbocycles. The van der Waals surface area contributed by atoms with Gasteiger partial charge in [0.25, 0.3) is 0 Å². The van der Waals surface area contributed by atoms with Crippen molar-refractivity contribution >= 4 is 15.9 Å². The Morgan fingerprint density at radius 2 is 1.86 bits per heavy atom. The summed E-state index contributed by atoms with van der Waals surface area (Å²) in [5.41, 5.74) is 1.39. The third-order valence-electron chi connectivity index (χ3n) is 5.27. The third-order valence-corrected chi connectivity index (χ3v) is 5.80. The van der Waals surface area contributed by atoms with Crippen LogP contribution in [0.25, 0.3) is 0 Å². The van der Waals surface area contributed by atoms with Gasteiger partial charge in [-0.1, -0.05) is 40.9 Å². The fraction of sp³-hybridized carbons (Fsp3) is 0.667. The number of nitrogens with one attached hydrogen (secondary N) is 2. The lowest BCUT2D eigenvalue weighted by molar-refractivity contribution is 0.203. The van der Waals surface area contributed by atoms with Gasteiger partial charge in [0, 0.05) is 22.6 Å². The van der Waals surface area contributed by atoms with Gasteiger partial charge in [-0.05, 0) is 62.8 Å². The second-order valence-corrected chi connectivity index (χ2v) is 7.61. The van der Waals surface area contributed by atoms with Gasteiger partial charge in [0.1, 0.15) is 0 Å². The Hall–Kier alpha value is -0.380. The first-order valence-corrected chi connectivity index (χ1v) is 9.28. The average Bonchev–Trinajstić information content (AvgIpc) is 3.02. The van der Waals surface area contributed by atoms with E-state index in [4.69, 9.17) is 0 Å². The summed E-state index contributed by atoms with van der Waals surface area (Å²) in [6.45, 7) is 3.52. The van der Waals surface area contributed by atoms with Gasteiger partial charge in [-0.3, -0.25) is 0 Å². The van der Waals surface area contributed by atoms with Crippen molar-refractivity contribution < 1.29 is 0 Å². The maximum absolute atomic E-state index is 3.93. The zero-order valence-corrected chi connectivity index (χ0v) is 14.5. The number of halogens is 1. The summed E-state index contributed by atoms with van der Waals surface area (Å²) in [5.74, 6) is 0.819. The molecule has 2 N–H and O–H groups in total. The Balaban J connectivity index is 1.64. The molecule has 3 unspecified atom stereocenters. The van der Waals surface area contributed by atoms with E-state index in [0.717, 1.165) is 16.4 Å². The minimum atomic E-state index is 0.435. The van der Waals surface area contributed by atoms with E-state index in [1.165, 1.54) is 50.6 Å². The molecule has 1 aliphatic carbocycles. The van der Waals surface area contributed by atoms with Crippen LogP contribution in [0.2, 0.25) is 0 Å². The van der Waals surface area contributed by atoms with Gasteiger partial charge in [0.05, 0.1) is 0 Å². The summed E-state index contributed by atoms with van der Waals surface area (Å²) in [5, 5.41) is 7.66. The minimum Gasteiger partial charge on any atom is -0.314 e. The lowest BCUT2D eigenvalue weighted by Crippen LogP contribution is -2.47.